The summed E-state index contributed by atoms with van der Waals surface area (Å²) < 4.78 is 25.6. The zero-order valence-corrected chi connectivity index (χ0v) is 14.7. The number of ketones is 1. The number of sulfonamides is 1. The van der Waals surface area contributed by atoms with Crippen molar-refractivity contribution in [2.24, 2.45) is 5.92 Å². The number of anilines is 1. The van der Waals surface area contributed by atoms with Crippen LogP contribution in [-0.2, 0) is 19.6 Å². The van der Waals surface area contributed by atoms with E-state index in [1.807, 2.05) is 0 Å². The Balaban J connectivity index is 2.09. The van der Waals surface area contributed by atoms with E-state index >= 15 is 0 Å². The summed E-state index contributed by atoms with van der Waals surface area (Å²) >= 11 is 0. The normalized spacial score (nSPS) is 12.2. The maximum atomic E-state index is 12.4. The summed E-state index contributed by atoms with van der Waals surface area (Å²) in [7, 11) is -2.69. The summed E-state index contributed by atoms with van der Waals surface area (Å²) in [5.41, 5.74) is 0. The Morgan fingerprint density at radius 2 is 1.85 bits per heavy atom. The van der Waals surface area contributed by atoms with Crippen LogP contribution in [0.4, 0.5) is 5.82 Å². The molecule has 1 heterocycles. The largest absolute Gasteiger partial charge is 0.309 e. The maximum absolute atomic E-state index is 12.4. The van der Waals surface area contributed by atoms with E-state index in [0.717, 1.165) is 4.31 Å². The van der Waals surface area contributed by atoms with E-state index in [2.05, 4.69) is 10.3 Å². The van der Waals surface area contributed by atoms with Crippen LogP contribution < -0.4 is 5.32 Å². The van der Waals surface area contributed by atoms with Crippen molar-refractivity contribution in [3.05, 3.63) is 54.7 Å². The second-order valence-corrected chi connectivity index (χ2v) is 7.35. The third-order valence-corrected chi connectivity index (χ3v) is 5.28. The van der Waals surface area contributed by atoms with Gasteiger partial charge in [-0.3, -0.25) is 9.59 Å². The standard InChI is InChI=1S/C17H16N4O4S/c1-21(26(24,25)13-7-3-2-4-8-13)12-15(22)14(11-18)17(23)20-16-9-5-6-10-19-16/h2-10,14H,12H2,1H3,(H,19,20,23)/t14-/m1/s1. The van der Waals surface area contributed by atoms with E-state index in [0.29, 0.717) is 0 Å². The first-order chi connectivity index (χ1) is 12.4. The monoisotopic (exact) mass is 372 g/mol. The first-order valence-electron chi connectivity index (χ1n) is 7.52. The van der Waals surface area contributed by atoms with E-state index in [1.165, 1.54) is 31.4 Å². The smallest absolute Gasteiger partial charge is 0.250 e. The molecular weight excluding hydrogens is 356 g/mol. The predicted octanol–water partition coefficient (Wildman–Crippen LogP) is 1.05. The third kappa shape index (κ3) is 4.50. The molecule has 0 unspecified atom stereocenters. The number of hydrogen-bond acceptors (Lipinski definition) is 6. The van der Waals surface area contributed by atoms with Crippen LogP contribution in [0, 0.1) is 17.2 Å². The lowest BCUT2D eigenvalue weighted by Crippen LogP contribution is -2.38. The second kappa shape index (κ2) is 8.33. The Morgan fingerprint density at radius 3 is 2.42 bits per heavy atom. The third-order valence-electron chi connectivity index (χ3n) is 3.46. The van der Waals surface area contributed by atoms with Crippen molar-refractivity contribution in [2.75, 3.05) is 18.9 Å². The molecule has 1 amide bonds. The van der Waals surface area contributed by atoms with Gasteiger partial charge in [0.1, 0.15) is 5.82 Å². The van der Waals surface area contributed by atoms with E-state index in [-0.39, 0.29) is 10.7 Å². The summed E-state index contributed by atoms with van der Waals surface area (Å²) in [6.07, 6.45) is 1.44. The molecule has 0 spiro atoms. The van der Waals surface area contributed by atoms with Gasteiger partial charge >= 0.3 is 0 Å². The van der Waals surface area contributed by atoms with Gasteiger partial charge in [-0.15, -0.1) is 0 Å². The number of aromatic nitrogens is 1. The zero-order chi connectivity index (χ0) is 19.2. The number of carbonyl (C=O) groups is 2. The van der Waals surface area contributed by atoms with Crippen LogP contribution in [0.1, 0.15) is 0 Å². The molecule has 0 saturated heterocycles. The molecule has 2 aromatic rings. The van der Waals surface area contributed by atoms with Crippen LogP contribution >= 0.6 is 0 Å². The summed E-state index contributed by atoms with van der Waals surface area (Å²) in [4.78, 5) is 28.3. The van der Waals surface area contributed by atoms with Crippen LogP contribution in [0.25, 0.3) is 0 Å². The fraction of sp³-hybridized carbons (Fsp3) is 0.176. The number of benzene rings is 1. The molecule has 0 aliphatic heterocycles. The van der Waals surface area contributed by atoms with E-state index < -0.39 is 34.2 Å². The number of hydrogen-bond donors (Lipinski definition) is 1. The van der Waals surface area contributed by atoms with Gasteiger partial charge in [0.05, 0.1) is 17.5 Å². The van der Waals surface area contributed by atoms with Crippen LogP contribution in [0.5, 0.6) is 0 Å². The SMILES string of the molecule is CN(CC(=O)[C@@H](C#N)C(=O)Nc1ccccn1)S(=O)(=O)c1ccccc1. The fourth-order valence-corrected chi connectivity index (χ4v) is 3.24. The average molecular weight is 372 g/mol. The average Bonchev–Trinajstić information content (AvgIpc) is 2.63. The lowest BCUT2D eigenvalue weighted by Gasteiger charge is -2.17. The molecule has 0 radical (unpaired) electrons. The molecule has 0 aliphatic rings. The van der Waals surface area contributed by atoms with Gasteiger partial charge in [-0.05, 0) is 24.3 Å². The number of amides is 1. The van der Waals surface area contributed by atoms with Crippen LogP contribution in [-0.4, -0.2) is 43.0 Å². The van der Waals surface area contributed by atoms with Gasteiger partial charge < -0.3 is 5.32 Å². The number of nitrogens with one attached hydrogen (secondary N) is 1. The Morgan fingerprint density at radius 1 is 1.19 bits per heavy atom. The fourth-order valence-electron chi connectivity index (χ4n) is 2.08. The maximum Gasteiger partial charge on any atom is 0.250 e. The Labute approximate surface area is 151 Å². The van der Waals surface area contributed by atoms with Crippen molar-refractivity contribution in [2.45, 2.75) is 4.90 Å². The van der Waals surface area contributed by atoms with Crippen molar-refractivity contribution in [1.82, 2.24) is 9.29 Å². The molecule has 26 heavy (non-hydrogen) atoms. The van der Waals surface area contributed by atoms with Gasteiger partial charge in [0, 0.05) is 13.2 Å². The molecule has 1 aromatic heterocycles. The number of Topliss-reactive ketones (excluding diaryl/α,β-unsaturated/α-hetero) is 1. The summed E-state index contributed by atoms with van der Waals surface area (Å²) in [5, 5.41) is 11.5. The van der Waals surface area contributed by atoms with E-state index in [1.54, 1.807) is 36.4 Å². The number of likely N-dealkylation sites (N-methyl/N-ethyl adjacent to an activating group) is 1. The minimum Gasteiger partial charge on any atom is -0.309 e. The van der Waals surface area contributed by atoms with Gasteiger partial charge in [0.2, 0.25) is 10.0 Å². The first-order valence-corrected chi connectivity index (χ1v) is 8.96. The first kappa shape index (κ1) is 19.2. The van der Waals surface area contributed by atoms with Gasteiger partial charge in [-0.25, -0.2) is 13.4 Å². The van der Waals surface area contributed by atoms with Crippen LogP contribution in [0.2, 0.25) is 0 Å². The molecule has 134 valence electrons. The molecular formula is C17H16N4O4S. The highest BCUT2D eigenvalue weighted by molar-refractivity contribution is 7.89. The molecule has 9 heteroatoms. The van der Waals surface area contributed by atoms with Gasteiger partial charge in [-0.2, -0.15) is 9.57 Å². The zero-order valence-electron chi connectivity index (χ0n) is 13.9. The Kier molecular flexibility index (Phi) is 6.16. The van der Waals surface area contributed by atoms with Crippen molar-refractivity contribution in [3.8, 4) is 6.07 Å². The summed E-state index contributed by atoms with van der Waals surface area (Å²) in [5.74, 6) is -3.15. The van der Waals surface area contributed by atoms with Gasteiger partial charge in [0.15, 0.2) is 11.7 Å². The lowest BCUT2D eigenvalue weighted by molar-refractivity contribution is -0.128. The topological polar surface area (TPSA) is 120 Å². The highest BCUT2D eigenvalue weighted by Crippen LogP contribution is 2.14. The molecule has 0 fully saturated rings. The molecule has 1 N–H and O–H groups in total. The second-order valence-electron chi connectivity index (χ2n) is 5.31. The minimum atomic E-state index is -3.90. The highest BCUT2D eigenvalue weighted by atomic mass is 32.2. The molecule has 2 rings (SSSR count). The van der Waals surface area contributed by atoms with Crippen molar-refractivity contribution in [3.63, 3.8) is 0 Å². The summed E-state index contributed by atoms with van der Waals surface area (Å²) in [6, 6.07) is 14.0. The molecule has 8 nitrogen and oxygen atoms in total. The van der Waals surface area contributed by atoms with Crippen molar-refractivity contribution < 1.29 is 18.0 Å². The molecule has 0 aliphatic carbocycles. The number of nitriles is 1. The van der Waals surface area contributed by atoms with E-state index in [4.69, 9.17) is 5.26 Å². The molecule has 0 bridgehead atoms. The number of carbonyl (C=O) groups excluding carboxylic acids is 2. The van der Waals surface area contributed by atoms with Crippen molar-refractivity contribution in [1.29, 1.82) is 5.26 Å². The minimum absolute atomic E-state index is 0.0155. The highest BCUT2D eigenvalue weighted by Gasteiger charge is 2.31. The van der Waals surface area contributed by atoms with Crippen LogP contribution in [0.3, 0.4) is 0 Å². The number of pyridine rings is 1. The number of nitrogens with zero attached hydrogens (tertiary/aromatic N) is 3. The quantitative estimate of drug-likeness (QED) is 0.725. The summed E-state index contributed by atoms with van der Waals surface area (Å²) in [6.45, 7) is -0.606. The van der Waals surface area contributed by atoms with Gasteiger partial charge in [-0.1, -0.05) is 24.3 Å². The van der Waals surface area contributed by atoms with Gasteiger partial charge in [0.25, 0.3) is 5.91 Å². The van der Waals surface area contributed by atoms with Crippen LogP contribution in [0.15, 0.2) is 59.6 Å². The predicted molar refractivity (Wildman–Crippen MR) is 93.2 cm³/mol. The number of rotatable bonds is 7. The Hall–Kier alpha value is -3.09. The molecule has 1 aromatic carbocycles. The molecule has 0 saturated carbocycles. The van der Waals surface area contributed by atoms with E-state index in [9.17, 15) is 18.0 Å². The lowest BCUT2D eigenvalue weighted by atomic mass is 10.1. The molecule has 1 atom stereocenters. The van der Waals surface area contributed by atoms with Crippen molar-refractivity contribution >= 4 is 27.5 Å². The Bertz CT molecular complexity index is 924.